The van der Waals surface area contributed by atoms with Crippen molar-refractivity contribution in [3.63, 3.8) is 0 Å². The fourth-order valence-electron chi connectivity index (χ4n) is 1.76. The highest BCUT2D eigenvalue weighted by atomic mass is 32.1. The van der Waals surface area contributed by atoms with Gasteiger partial charge in [-0.05, 0) is 19.8 Å². The summed E-state index contributed by atoms with van der Waals surface area (Å²) < 4.78 is 0. The molecule has 0 spiro atoms. The Bertz CT molecular complexity index is 642. The Morgan fingerprint density at radius 3 is 2.90 bits per heavy atom. The zero-order valence-corrected chi connectivity index (χ0v) is 12.3. The molecule has 0 bridgehead atoms. The van der Waals surface area contributed by atoms with Crippen molar-refractivity contribution in [2.75, 3.05) is 0 Å². The van der Waals surface area contributed by atoms with E-state index in [0.717, 1.165) is 28.4 Å². The Hall–Kier alpha value is -1.96. The molecule has 2 rings (SSSR count). The topological polar surface area (TPSA) is 104 Å². The highest BCUT2D eigenvalue weighted by Crippen LogP contribution is 2.19. The Morgan fingerprint density at radius 1 is 1.45 bits per heavy atom. The molecule has 20 heavy (non-hydrogen) atoms. The van der Waals surface area contributed by atoms with Gasteiger partial charge in [0, 0.05) is 4.88 Å². The first-order valence-corrected chi connectivity index (χ1v) is 7.25. The molecular weight excluding hydrogens is 278 g/mol. The molecule has 7 nitrogen and oxygen atoms in total. The fraction of sp³-hybridized carbons (Fsp3) is 0.500. The van der Waals surface area contributed by atoms with E-state index in [-0.39, 0.29) is 12.3 Å². The van der Waals surface area contributed by atoms with Gasteiger partial charge in [-0.2, -0.15) is 5.10 Å². The molecule has 0 fully saturated rings. The summed E-state index contributed by atoms with van der Waals surface area (Å²) in [5.74, 6) is 0.151. The van der Waals surface area contributed by atoms with Crippen LogP contribution in [-0.4, -0.2) is 26.1 Å². The average Bonchev–Trinajstić information content (AvgIpc) is 2.94. The van der Waals surface area contributed by atoms with Gasteiger partial charge in [-0.25, -0.2) is 14.9 Å². The summed E-state index contributed by atoms with van der Waals surface area (Å²) in [5, 5.41) is 9.83. The number of hydrogen-bond acceptors (Lipinski definition) is 5. The first kappa shape index (κ1) is 14.4. The van der Waals surface area contributed by atoms with Gasteiger partial charge in [0.25, 0.3) is 0 Å². The Labute approximate surface area is 119 Å². The molecule has 8 heteroatoms. The largest absolute Gasteiger partial charge is 0.351 e. The number of aryl methyl sites for hydroxylation is 2. The maximum atomic E-state index is 11.7. The summed E-state index contributed by atoms with van der Waals surface area (Å²) >= 11 is 1.63. The van der Waals surface area contributed by atoms with E-state index in [2.05, 4.69) is 32.4 Å². The molecule has 2 heterocycles. The smallest absolute Gasteiger partial charge is 0.340 e. The predicted molar refractivity (Wildman–Crippen MR) is 75.6 cm³/mol. The van der Waals surface area contributed by atoms with Crippen LogP contribution < -0.4 is 11.0 Å². The molecule has 0 unspecified atom stereocenters. The van der Waals surface area contributed by atoms with Gasteiger partial charge in [-0.15, -0.1) is 11.3 Å². The fourth-order valence-corrected chi connectivity index (χ4v) is 2.87. The quantitative estimate of drug-likeness (QED) is 0.728. The van der Waals surface area contributed by atoms with Crippen molar-refractivity contribution < 1.29 is 4.79 Å². The summed E-state index contributed by atoms with van der Waals surface area (Å²) in [7, 11) is 0. The second kappa shape index (κ2) is 6.47. The van der Waals surface area contributed by atoms with Crippen LogP contribution in [0.2, 0.25) is 0 Å². The second-order valence-corrected chi connectivity index (χ2v) is 5.61. The van der Waals surface area contributed by atoms with Gasteiger partial charge < -0.3 is 5.32 Å². The number of aromatic nitrogens is 4. The Morgan fingerprint density at radius 2 is 2.25 bits per heavy atom. The minimum atomic E-state index is -0.407. The van der Waals surface area contributed by atoms with E-state index in [9.17, 15) is 9.59 Å². The van der Waals surface area contributed by atoms with Crippen LogP contribution >= 0.6 is 11.3 Å². The molecule has 0 aliphatic rings. The van der Waals surface area contributed by atoms with Crippen LogP contribution in [0.5, 0.6) is 0 Å². The molecule has 0 radical (unpaired) electrons. The summed E-state index contributed by atoms with van der Waals surface area (Å²) in [4.78, 5) is 30.6. The van der Waals surface area contributed by atoms with E-state index in [0.29, 0.717) is 12.4 Å². The standard InChI is InChI=1S/C12H17N5O2S/c1-3-4-11-14-7(2)8(20-11)6-13-10(18)5-9-15-12(19)17-16-9/h3-6H2,1-2H3,(H,13,18)(H2,15,16,17,19). The number of amides is 1. The van der Waals surface area contributed by atoms with Crippen LogP contribution in [0, 0.1) is 6.92 Å². The lowest BCUT2D eigenvalue weighted by molar-refractivity contribution is -0.120. The molecule has 0 saturated heterocycles. The normalized spacial score (nSPS) is 10.7. The van der Waals surface area contributed by atoms with E-state index >= 15 is 0 Å². The van der Waals surface area contributed by atoms with Crippen molar-refractivity contribution in [2.45, 2.75) is 39.7 Å². The number of nitrogens with zero attached hydrogens (tertiary/aromatic N) is 2. The van der Waals surface area contributed by atoms with Crippen molar-refractivity contribution in [3.8, 4) is 0 Å². The molecule has 2 aromatic heterocycles. The predicted octanol–water partition coefficient (Wildman–Crippen LogP) is 0.674. The minimum Gasteiger partial charge on any atom is -0.351 e. The van der Waals surface area contributed by atoms with E-state index in [1.54, 1.807) is 11.3 Å². The zero-order valence-electron chi connectivity index (χ0n) is 11.4. The molecule has 1 amide bonds. The molecule has 108 valence electrons. The number of carbonyl (C=O) groups excluding carboxylic acids is 1. The number of hydrogen-bond donors (Lipinski definition) is 3. The summed E-state index contributed by atoms with van der Waals surface area (Å²) in [6, 6.07) is 0. The molecule has 2 aromatic rings. The van der Waals surface area contributed by atoms with E-state index in [4.69, 9.17) is 0 Å². The minimum absolute atomic E-state index is 0.0540. The summed E-state index contributed by atoms with van der Waals surface area (Å²) in [5.41, 5.74) is 0.558. The van der Waals surface area contributed by atoms with Crippen LogP contribution in [0.4, 0.5) is 0 Å². The first-order valence-electron chi connectivity index (χ1n) is 6.44. The Balaban J connectivity index is 1.88. The number of carbonyl (C=O) groups is 1. The maximum absolute atomic E-state index is 11.7. The van der Waals surface area contributed by atoms with Gasteiger partial charge in [-0.1, -0.05) is 6.92 Å². The molecule has 0 atom stereocenters. The molecular formula is C12H17N5O2S. The Kier molecular flexibility index (Phi) is 4.67. The van der Waals surface area contributed by atoms with Crippen molar-refractivity contribution in [1.82, 2.24) is 25.5 Å². The van der Waals surface area contributed by atoms with Gasteiger partial charge >= 0.3 is 5.69 Å². The van der Waals surface area contributed by atoms with Crippen LogP contribution in [0.1, 0.15) is 34.7 Å². The van der Waals surface area contributed by atoms with Gasteiger partial charge in [0.1, 0.15) is 5.82 Å². The lowest BCUT2D eigenvalue weighted by atomic mass is 10.3. The third-order valence-corrected chi connectivity index (χ3v) is 3.94. The SMILES string of the molecule is CCCc1nc(C)c(CNC(=O)Cc2n[nH]c(=O)[nH]2)s1. The third-order valence-electron chi connectivity index (χ3n) is 2.73. The molecule has 0 saturated carbocycles. The van der Waals surface area contributed by atoms with E-state index in [1.165, 1.54) is 0 Å². The van der Waals surface area contributed by atoms with Gasteiger partial charge in [0.15, 0.2) is 0 Å². The molecule has 0 aliphatic carbocycles. The summed E-state index contributed by atoms with van der Waals surface area (Å²) in [6.07, 6.45) is 2.08. The first-order chi connectivity index (χ1) is 9.58. The van der Waals surface area contributed by atoms with Crippen LogP contribution in [-0.2, 0) is 24.2 Å². The van der Waals surface area contributed by atoms with Gasteiger partial charge in [0.2, 0.25) is 5.91 Å². The maximum Gasteiger partial charge on any atom is 0.340 e. The van der Waals surface area contributed by atoms with Crippen LogP contribution in [0.15, 0.2) is 4.79 Å². The number of H-pyrrole nitrogens is 2. The highest BCUT2D eigenvalue weighted by Gasteiger charge is 2.10. The number of nitrogens with one attached hydrogen (secondary N) is 3. The third kappa shape index (κ3) is 3.77. The van der Waals surface area contributed by atoms with Crippen molar-refractivity contribution in [1.29, 1.82) is 0 Å². The lowest BCUT2D eigenvalue weighted by Gasteiger charge is -2.02. The molecule has 0 aliphatic heterocycles. The molecule has 3 N–H and O–H groups in total. The highest BCUT2D eigenvalue weighted by molar-refractivity contribution is 7.11. The van der Waals surface area contributed by atoms with Gasteiger partial charge in [-0.3, -0.25) is 9.78 Å². The van der Waals surface area contributed by atoms with Crippen molar-refractivity contribution in [2.24, 2.45) is 0 Å². The number of aromatic amines is 2. The van der Waals surface area contributed by atoms with Crippen molar-refractivity contribution >= 4 is 17.2 Å². The van der Waals surface area contributed by atoms with E-state index < -0.39 is 5.69 Å². The van der Waals surface area contributed by atoms with E-state index in [1.807, 2.05) is 6.92 Å². The van der Waals surface area contributed by atoms with Crippen LogP contribution in [0.3, 0.4) is 0 Å². The van der Waals surface area contributed by atoms with Crippen LogP contribution in [0.25, 0.3) is 0 Å². The average molecular weight is 295 g/mol. The lowest BCUT2D eigenvalue weighted by Crippen LogP contribution is -2.25. The second-order valence-electron chi connectivity index (χ2n) is 4.44. The number of thiazole rings is 1. The number of rotatable bonds is 6. The monoisotopic (exact) mass is 295 g/mol. The zero-order chi connectivity index (χ0) is 14.5. The van der Waals surface area contributed by atoms with Crippen molar-refractivity contribution in [3.05, 3.63) is 31.9 Å². The summed E-state index contributed by atoms with van der Waals surface area (Å²) in [6.45, 7) is 4.52. The molecule has 0 aromatic carbocycles. The van der Waals surface area contributed by atoms with Gasteiger partial charge in [0.05, 0.1) is 23.7 Å².